The van der Waals surface area contributed by atoms with Crippen molar-refractivity contribution in [3.05, 3.63) is 34.4 Å². The number of amides is 3. The molecule has 0 bridgehead atoms. The van der Waals surface area contributed by atoms with Gasteiger partial charge in [-0.15, -0.1) is 0 Å². The number of hydrogen-bond donors (Lipinski definition) is 2. The predicted octanol–water partition coefficient (Wildman–Crippen LogP) is 0.441. The summed E-state index contributed by atoms with van der Waals surface area (Å²) in [4.78, 5) is 37.8. The molecule has 2 N–H and O–H groups in total. The van der Waals surface area contributed by atoms with Gasteiger partial charge in [-0.2, -0.15) is 0 Å². The predicted molar refractivity (Wildman–Crippen MR) is 85.0 cm³/mol. The van der Waals surface area contributed by atoms with E-state index in [1.165, 1.54) is 0 Å². The molecule has 23 heavy (non-hydrogen) atoms. The van der Waals surface area contributed by atoms with Gasteiger partial charge in [0.1, 0.15) is 6.04 Å². The van der Waals surface area contributed by atoms with Crippen LogP contribution >= 0.6 is 0 Å². The molecule has 0 saturated carbocycles. The molecule has 6 heteroatoms. The molecule has 1 aromatic carbocycles. The number of carbonyl (C=O) groups is 3. The van der Waals surface area contributed by atoms with E-state index in [2.05, 4.69) is 10.6 Å². The van der Waals surface area contributed by atoms with Gasteiger partial charge in [-0.25, -0.2) is 0 Å². The molecule has 1 aromatic rings. The first-order chi connectivity index (χ1) is 10.9. The number of rotatable bonds is 2. The van der Waals surface area contributed by atoms with Crippen molar-refractivity contribution in [1.29, 1.82) is 0 Å². The topological polar surface area (TPSA) is 78.5 Å². The largest absolute Gasteiger partial charge is 0.347 e. The average molecular weight is 315 g/mol. The van der Waals surface area contributed by atoms with Gasteiger partial charge in [0, 0.05) is 18.2 Å². The molecule has 3 amide bonds. The van der Waals surface area contributed by atoms with Crippen LogP contribution in [0.5, 0.6) is 0 Å². The Balaban J connectivity index is 1.73. The zero-order valence-electron chi connectivity index (χ0n) is 13.6. The third-order valence-corrected chi connectivity index (χ3v) is 4.76. The van der Waals surface area contributed by atoms with E-state index in [4.69, 9.17) is 0 Å². The van der Waals surface area contributed by atoms with Crippen LogP contribution in [0.3, 0.4) is 0 Å². The molecule has 6 nitrogen and oxygen atoms in total. The van der Waals surface area contributed by atoms with E-state index in [1.54, 1.807) is 4.90 Å². The minimum atomic E-state index is -0.456. The van der Waals surface area contributed by atoms with E-state index in [-0.39, 0.29) is 30.3 Å². The summed E-state index contributed by atoms with van der Waals surface area (Å²) in [7, 11) is 0. The SMILES string of the molecule is Cc1cc(C)c(C(=O)N[C@@H]2C[C@H]3C(=O)NCC(=O)N3C2)cc1C. The number of nitrogens with one attached hydrogen (secondary N) is 2. The standard InChI is InChI=1S/C17H21N3O3/c1-9-4-11(3)13(5-10(9)2)16(22)19-12-6-14-17(23)18-7-15(21)20(14)8-12/h4-5,12,14H,6-8H2,1-3H3,(H,18,23)(H,19,22)/t12-,14+/m1/s1. The molecule has 2 aliphatic rings. The molecule has 122 valence electrons. The quantitative estimate of drug-likeness (QED) is 0.831. The molecule has 0 unspecified atom stereocenters. The molecule has 2 heterocycles. The lowest BCUT2D eigenvalue weighted by Crippen LogP contribution is -2.55. The van der Waals surface area contributed by atoms with Crippen LogP contribution in [0.1, 0.15) is 33.5 Å². The fourth-order valence-electron chi connectivity index (χ4n) is 3.32. The van der Waals surface area contributed by atoms with Crippen molar-refractivity contribution in [2.75, 3.05) is 13.1 Å². The summed E-state index contributed by atoms with van der Waals surface area (Å²) < 4.78 is 0. The minimum Gasteiger partial charge on any atom is -0.347 e. The van der Waals surface area contributed by atoms with E-state index in [9.17, 15) is 14.4 Å². The highest BCUT2D eigenvalue weighted by molar-refractivity contribution is 5.97. The molecule has 0 aliphatic carbocycles. The summed E-state index contributed by atoms with van der Waals surface area (Å²) >= 11 is 0. The molecule has 0 radical (unpaired) electrons. The van der Waals surface area contributed by atoms with Crippen LogP contribution in [0.4, 0.5) is 0 Å². The monoisotopic (exact) mass is 315 g/mol. The number of fused-ring (bicyclic) bond motifs is 1. The van der Waals surface area contributed by atoms with Gasteiger partial charge in [0.05, 0.1) is 6.54 Å². The normalized spacial score (nSPS) is 23.5. The third-order valence-electron chi connectivity index (χ3n) is 4.76. The highest BCUT2D eigenvalue weighted by Crippen LogP contribution is 2.22. The summed E-state index contributed by atoms with van der Waals surface area (Å²) in [5, 5.41) is 5.56. The first-order valence-corrected chi connectivity index (χ1v) is 7.82. The van der Waals surface area contributed by atoms with Gasteiger partial charge in [-0.1, -0.05) is 6.07 Å². The molecule has 0 aromatic heterocycles. The van der Waals surface area contributed by atoms with Crippen LogP contribution in [0.2, 0.25) is 0 Å². The zero-order valence-corrected chi connectivity index (χ0v) is 13.6. The van der Waals surface area contributed by atoms with Crippen LogP contribution < -0.4 is 10.6 Å². The van der Waals surface area contributed by atoms with E-state index in [0.29, 0.717) is 18.5 Å². The summed E-state index contributed by atoms with van der Waals surface area (Å²) in [6.07, 6.45) is 0.465. The van der Waals surface area contributed by atoms with Crippen molar-refractivity contribution < 1.29 is 14.4 Å². The fourth-order valence-corrected chi connectivity index (χ4v) is 3.32. The Labute approximate surface area is 135 Å². The minimum absolute atomic E-state index is 0.0479. The van der Waals surface area contributed by atoms with Gasteiger partial charge >= 0.3 is 0 Å². The highest BCUT2D eigenvalue weighted by Gasteiger charge is 2.42. The Kier molecular flexibility index (Phi) is 3.83. The fraction of sp³-hybridized carbons (Fsp3) is 0.471. The molecule has 2 atom stereocenters. The van der Waals surface area contributed by atoms with Gasteiger partial charge in [0.15, 0.2) is 0 Å². The lowest BCUT2D eigenvalue weighted by molar-refractivity contribution is -0.143. The molecular formula is C17H21N3O3. The van der Waals surface area contributed by atoms with Crippen LogP contribution in [0, 0.1) is 20.8 Å². The summed E-state index contributed by atoms with van der Waals surface area (Å²) in [6, 6.07) is 3.24. The lowest BCUT2D eigenvalue weighted by Gasteiger charge is -2.28. The third kappa shape index (κ3) is 2.81. The van der Waals surface area contributed by atoms with E-state index < -0.39 is 6.04 Å². The molecular weight excluding hydrogens is 294 g/mol. The van der Waals surface area contributed by atoms with Gasteiger partial charge < -0.3 is 15.5 Å². The molecule has 3 rings (SSSR count). The van der Waals surface area contributed by atoms with Crippen molar-refractivity contribution in [1.82, 2.24) is 15.5 Å². The van der Waals surface area contributed by atoms with Crippen LogP contribution in [0.25, 0.3) is 0 Å². The first-order valence-electron chi connectivity index (χ1n) is 7.82. The Morgan fingerprint density at radius 2 is 1.87 bits per heavy atom. The summed E-state index contributed by atoms with van der Waals surface area (Å²) in [6.45, 7) is 6.35. The first kappa shape index (κ1) is 15.5. The van der Waals surface area contributed by atoms with E-state index in [1.807, 2.05) is 32.9 Å². The number of benzene rings is 1. The second kappa shape index (κ2) is 5.68. The molecule has 2 fully saturated rings. The van der Waals surface area contributed by atoms with Crippen molar-refractivity contribution in [3.8, 4) is 0 Å². The number of hydrogen-bond acceptors (Lipinski definition) is 3. The highest BCUT2D eigenvalue weighted by atomic mass is 16.2. The van der Waals surface area contributed by atoms with Crippen molar-refractivity contribution >= 4 is 17.7 Å². The second-order valence-electron chi connectivity index (χ2n) is 6.44. The second-order valence-corrected chi connectivity index (χ2v) is 6.44. The number of aryl methyl sites for hydroxylation is 3. The average Bonchev–Trinajstić information content (AvgIpc) is 2.91. The van der Waals surface area contributed by atoms with Crippen molar-refractivity contribution in [2.45, 2.75) is 39.3 Å². The van der Waals surface area contributed by atoms with E-state index >= 15 is 0 Å². The Bertz CT molecular complexity index is 675. The Morgan fingerprint density at radius 1 is 1.17 bits per heavy atom. The zero-order chi connectivity index (χ0) is 16.7. The molecule has 2 saturated heterocycles. The van der Waals surface area contributed by atoms with Gasteiger partial charge in [0.2, 0.25) is 11.8 Å². The van der Waals surface area contributed by atoms with Gasteiger partial charge in [-0.3, -0.25) is 14.4 Å². The maximum atomic E-state index is 12.5. The summed E-state index contributed by atoms with van der Waals surface area (Å²) in [5.41, 5.74) is 3.79. The van der Waals surface area contributed by atoms with Gasteiger partial charge in [-0.05, 0) is 49.9 Å². The van der Waals surface area contributed by atoms with Crippen molar-refractivity contribution in [3.63, 3.8) is 0 Å². The lowest BCUT2D eigenvalue weighted by atomic mass is 10.00. The van der Waals surface area contributed by atoms with Crippen LogP contribution in [-0.2, 0) is 9.59 Å². The maximum absolute atomic E-state index is 12.5. The summed E-state index contributed by atoms with van der Waals surface area (Å²) in [5.74, 6) is -0.374. The smallest absolute Gasteiger partial charge is 0.251 e. The Hall–Kier alpha value is -2.37. The maximum Gasteiger partial charge on any atom is 0.251 e. The Morgan fingerprint density at radius 3 is 2.57 bits per heavy atom. The number of carbonyl (C=O) groups excluding carboxylic acids is 3. The van der Waals surface area contributed by atoms with Crippen LogP contribution in [0.15, 0.2) is 12.1 Å². The number of nitrogens with zero attached hydrogens (tertiary/aromatic N) is 1. The molecule has 0 spiro atoms. The molecule has 2 aliphatic heterocycles. The van der Waals surface area contributed by atoms with Crippen LogP contribution in [-0.4, -0.2) is 47.8 Å². The number of piperazine rings is 1. The van der Waals surface area contributed by atoms with Gasteiger partial charge in [0.25, 0.3) is 5.91 Å². The van der Waals surface area contributed by atoms with E-state index in [0.717, 1.165) is 16.7 Å². The van der Waals surface area contributed by atoms with Crippen molar-refractivity contribution in [2.24, 2.45) is 0 Å².